The minimum Gasteiger partial charge on any atom is -0.369 e. The van der Waals surface area contributed by atoms with Crippen molar-refractivity contribution in [3.63, 3.8) is 0 Å². The van der Waals surface area contributed by atoms with Gasteiger partial charge in [-0.05, 0) is 30.7 Å². The first-order valence-electron chi connectivity index (χ1n) is 9.61. The van der Waals surface area contributed by atoms with Crippen molar-refractivity contribution in [2.75, 3.05) is 19.7 Å². The highest BCUT2D eigenvalue weighted by Gasteiger charge is 2.24. The predicted octanol–water partition coefficient (Wildman–Crippen LogP) is 3.43. The highest BCUT2D eigenvalue weighted by atomic mass is 19.1. The van der Waals surface area contributed by atoms with Crippen molar-refractivity contribution in [3.05, 3.63) is 82.7 Å². The summed E-state index contributed by atoms with van der Waals surface area (Å²) in [4.78, 5) is 7.14. The molecule has 1 saturated heterocycles. The fraction of sp³-hybridized carbons (Fsp3) is 0.364. The van der Waals surface area contributed by atoms with Crippen LogP contribution in [0.25, 0.3) is 0 Å². The van der Waals surface area contributed by atoms with E-state index in [4.69, 9.17) is 9.72 Å². The summed E-state index contributed by atoms with van der Waals surface area (Å²) in [5.74, 6) is -0.193. The molecule has 3 aromatic rings. The molecule has 1 aromatic carbocycles. The van der Waals surface area contributed by atoms with Gasteiger partial charge in [0.15, 0.2) is 0 Å². The molecule has 1 aliphatic heterocycles. The third-order valence-electron chi connectivity index (χ3n) is 5.15. The molecule has 28 heavy (non-hydrogen) atoms. The SMILES string of the molecule is Cc1nn(C)cc1CN1CCO[C@@H](c2cccc(Cc3ccccc3F)n2)C1. The van der Waals surface area contributed by atoms with E-state index in [9.17, 15) is 4.39 Å². The summed E-state index contributed by atoms with van der Waals surface area (Å²) in [6, 6.07) is 12.8. The monoisotopic (exact) mass is 380 g/mol. The van der Waals surface area contributed by atoms with Crippen LogP contribution in [-0.4, -0.2) is 39.4 Å². The molecular weight excluding hydrogens is 355 g/mol. The molecule has 0 spiro atoms. The van der Waals surface area contributed by atoms with Crippen LogP contribution in [0.15, 0.2) is 48.7 Å². The van der Waals surface area contributed by atoms with Crippen molar-refractivity contribution in [1.82, 2.24) is 19.7 Å². The van der Waals surface area contributed by atoms with Crippen molar-refractivity contribution >= 4 is 0 Å². The van der Waals surface area contributed by atoms with E-state index in [1.165, 1.54) is 11.6 Å². The quantitative estimate of drug-likeness (QED) is 0.680. The second kappa shape index (κ2) is 8.20. The zero-order chi connectivity index (χ0) is 19.5. The summed E-state index contributed by atoms with van der Waals surface area (Å²) in [7, 11) is 1.95. The van der Waals surface area contributed by atoms with Gasteiger partial charge in [0.2, 0.25) is 0 Å². The standard InChI is InChI=1S/C22H25FN4O/c1-16-18(13-26(2)25-16)14-27-10-11-28-22(15-27)21-9-5-7-19(24-21)12-17-6-3-4-8-20(17)23/h3-9,13,22H,10-12,14-15H2,1-2H3/t22-/m1/s1. The number of ether oxygens (including phenoxy) is 1. The molecule has 2 aromatic heterocycles. The normalized spacial score (nSPS) is 17.8. The van der Waals surface area contributed by atoms with Gasteiger partial charge >= 0.3 is 0 Å². The number of halogens is 1. The summed E-state index contributed by atoms with van der Waals surface area (Å²) in [6.45, 7) is 5.24. The van der Waals surface area contributed by atoms with Crippen LogP contribution in [0.3, 0.4) is 0 Å². The van der Waals surface area contributed by atoms with Crippen LogP contribution in [-0.2, 0) is 24.8 Å². The maximum Gasteiger partial charge on any atom is 0.126 e. The molecule has 1 atom stereocenters. The second-order valence-corrected chi connectivity index (χ2v) is 7.33. The number of hydrogen-bond donors (Lipinski definition) is 0. The fourth-order valence-electron chi connectivity index (χ4n) is 3.68. The van der Waals surface area contributed by atoms with E-state index in [0.29, 0.717) is 18.6 Å². The van der Waals surface area contributed by atoms with E-state index >= 15 is 0 Å². The van der Waals surface area contributed by atoms with Crippen LogP contribution < -0.4 is 0 Å². The number of aryl methyl sites for hydroxylation is 2. The van der Waals surface area contributed by atoms with Crippen molar-refractivity contribution in [3.8, 4) is 0 Å². The van der Waals surface area contributed by atoms with Gasteiger partial charge in [0, 0.05) is 50.6 Å². The van der Waals surface area contributed by atoms with Crippen LogP contribution in [0.4, 0.5) is 4.39 Å². The average Bonchev–Trinajstić information content (AvgIpc) is 3.01. The van der Waals surface area contributed by atoms with E-state index in [0.717, 1.165) is 36.7 Å². The number of benzene rings is 1. The lowest BCUT2D eigenvalue weighted by atomic mass is 10.1. The minimum atomic E-state index is -0.193. The lowest BCUT2D eigenvalue weighted by Gasteiger charge is -2.32. The van der Waals surface area contributed by atoms with Crippen molar-refractivity contribution in [2.24, 2.45) is 7.05 Å². The number of pyridine rings is 1. The van der Waals surface area contributed by atoms with Crippen LogP contribution >= 0.6 is 0 Å². The van der Waals surface area contributed by atoms with Crippen molar-refractivity contribution < 1.29 is 9.13 Å². The Bertz CT molecular complexity index is 955. The Morgan fingerprint density at radius 3 is 2.79 bits per heavy atom. The van der Waals surface area contributed by atoms with Crippen molar-refractivity contribution in [2.45, 2.75) is 26.0 Å². The van der Waals surface area contributed by atoms with Crippen molar-refractivity contribution in [1.29, 1.82) is 0 Å². The Kier molecular flexibility index (Phi) is 5.50. The van der Waals surface area contributed by atoms with Crippen LogP contribution in [0.1, 0.15) is 34.3 Å². The molecule has 0 aliphatic carbocycles. The number of morpholine rings is 1. The first-order valence-corrected chi connectivity index (χ1v) is 9.61. The molecule has 1 aliphatic rings. The number of nitrogens with zero attached hydrogens (tertiary/aromatic N) is 4. The smallest absolute Gasteiger partial charge is 0.126 e. The molecule has 3 heterocycles. The molecule has 146 valence electrons. The predicted molar refractivity (Wildman–Crippen MR) is 105 cm³/mol. The summed E-state index contributed by atoms with van der Waals surface area (Å²) < 4.78 is 21.8. The maximum atomic E-state index is 14.0. The molecule has 6 heteroatoms. The molecule has 5 nitrogen and oxygen atoms in total. The summed E-state index contributed by atoms with van der Waals surface area (Å²) in [5.41, 5.74) is 4.72. The van der Waals surface area contributed by atoms with Crippen LogP contribution in [0.2, 0.25) is 0 Å². The second-order valence-electron chi connectivity index (χ2n) is 7.33. The van der Waals surface area contributed by atoms with E-state index in [-0.39, 0.29) is 11.9 Å². The highest BCUT2D eigenvalue weighted by molar-refractivity contribution is 5.25. The van der Waals surface area contributed by atoms with E-state index in [1.54, 1.807) is 12.1 Å². The van der Waals surface area contributed by atoms with Gasteiger partial charge in [0.25, 0.3) is 0 Å². The fourth-order valence-corrected chi connectivity index (χ4v) is 3.68. The molecule has 0 amide bonds. The molecule has 0 unspecified atom stereocenters. The first-order chi connectivity index (χ1) is 13.6. The summed E-state index contributed by atoms with van der Waals surface area (Å²) in [5, 5.41) is 4.43. The number of aromatic nitrogens is 3. The lowest BCUT2D eigenvalue weighted by molar-refractivity contribution is -0.0351. The minimum absolute atomic E-state index is 0.0775. The van der Waals surface area contributed by atoms with Gasteiger partial charge in [-0.1, -0.05) is 24.3 Å². The topological polar surface area (TPSA) is 43.2 Å². The van der Waals surface area contributed by atoms with Gasteiger partial charge in [0.05, 0.1) is 18.0 Å². The van der Waals surface area contributed by atoms with E-state index in [2.05, 4.69) is 16.2 Å². The van der Waals surface area contributed by atoms with Gasteiger partial charge in [-0.15, -0.1) is 0 Å². The van der Waals surface area contributed by atoms with Gasteiger partial charge in [-0.25, -0.2) is 4.39 Å². The molecule has 0 bridgehead atoms. The third kappa shape index (κ3) is 4.29. The largest absolute Gasteiger partial charge is 0.369 e. The molecule has 1 fully saturated rings. The lowest BCUT2D eigenvalue weighted by Crippen LogP contribution is -2.38. The molecule has 0 saturated carbocycles. The molecular formula is C22H25FN4O. The number of hydrogen-bond acceptors (Lipinski definition) is 4. The van der Waals surface area contributed by atoms with Gasteiger partial charge in [-0.3, -0.25) is 14.6 Å². The summed E-state index contributed by atoms with van der Waals surface area (Å²) >= 11 is 0. The number of rotatable bonds is 5. The zero-order valence-corrected chi connectivity index (χ0v) is 16.3. The highest BCUT2D eigenvalue weighted by Crippen LogP contribution is 2.23. The zero-order valence-electron chi connectivity index (χ0n) is 16.3. The first kappa shape index (κ1) is 18.8. The Labute approximate surface area is 164 Å². The van der Waals surface area contributed by atoms with Gasteiger partial charge < -0.3 is 4.74 Å². The Morgan fingerprint density at radius 1 is 1.14 bits per heavy atom. The van der Waals surface area contributed by atoms with Crippen LogP contribution in [0, 0.1) is 12.7 Å². The molecule has 4 rings (SSSR count). The van der Waals surface area contributed by atoms with E-state index < -0.39 is 0 Å². The average molecular weight is 380 g/mol. The van der Waals surface area contributed by atoms with Gasteiger partial charge in [0.1, 0.15) is 11.9 Å². The van der Waals surface area contributed by atoms with E-state index in [1.807, 2.05) is 42.9 Å². The Balaban J connectivity index is 1.46. The maximum absolute atomic E-state index is 14.0. The Morgan fingerprint density at radius 2 is 2.00 bits per heavy atom. The molecule has 0 radical (unpaired) electrons. The Hall–Kier alpha value is -2.57. The van der Waals surface area contributed by atoms with Gasteiger partial charge in [-0.2, -0.15) is 5.10 Å². The summed E-state index contributed by atoms with van der Waals surface area (Å²) in [6.07, 6.45) is 2.48. The molecule has 0 N–H and O–H groups in total. The van der Waals surface area contributed by atoms with Crippen LogP contribution in [0.5, 0.6) is 0 Å². The third-order valence-corrected chi connectivity index (χ3v) is 5.15.